The number of benzene rings is 3. The Morgan fingerprint density at radius 2 is 1.92 bits per heavy atom. The van der Waals surface area contributed by atoms with Crippen LogP contribution in [0.2, 0.25) is 0 Å². The molecule has 0 unspecified atom stereocenters. The van der Waals surface area contributed by atoms with Crippen LogP contribution in [0.1, 0.15) is 10.4 Å². The molecule has 118 valence electrons. The van der Waals surface area contributed by atoms with Gasteiger partial charge in [-0.2, -0.15) is 0 Å². The van der Waals surface area contributed by atoms with Crippen LogP contribution in [0.3, 0.4) is 0 Å². The number of ether oxygens (including phenoxy) is 1. The van der Waals surface area contributed by atoms with Gasteiger partial charge in [0.25, 0.3) is 0 Å². The van der Waals surface area contributed by atoms with Crippen molar-refractivity contribution in [2.24, 2.45) is 0 Å². The molecule has 3 aromatic carbocycles. The van der Waals surface area contributed by atoms with E-state index in [9.17, 15) is 9.90 Å². The highest BCUT2D eigenvalue weighted by molar-refractivity contribution is 7.21. The first kappa shape index (κ1) is 14.7. The predicted molar refractivity (Wildman–Crippen MR) is 96.1 cm³/mol. The third-order valence-electron chi connectivity index (χ3n) is 3.93. The molecule has 0 aliphatic carbocycles. The minimum Gasteiger partial charge on any atom is -0.496 e. The zero-order valence-electron chi connectivity index (χ0n) is 12.8. The standard InChI is InChI=1S/C19H13NO3S/c1-23-16-10-11-6-7-12(8-13(11)9-14(16)19(21)22)18-20-15-4-2-3-5-17(15)24-18/h2-10H,1H3,(H,21,22). The summed E-state index contributed by atoms with van der Waals surface area (Å²) in [6.45, 7) is 0. The van der Waals surface area contributed by atoms with Crippen LogP contribution in [0.5, 0.6) is 5.75 Å². The van der Waals surface area contributed by atoms with Crippen molar-refractivity contribution >= 4 is 38.3 Å². The van der Waals surface area contributed by atoms with Crippen LogP contribution in [0, 0.1) is 0 Å². The van der Waals surface area contributed by atoms with Crippen molar-refractivity contribution < 1.29 is 14.6 Å². The number of aromatic carboxylic acids is 1. The summed E-state index contributed by atoms with van der Waals surface area (Å²) in [4.78, 5) is 16.1. The molecule has 0 amide bonds. The van der Waals surface area contributed by atoms with Crippen LogP contribution in [-0.2, 0) is 0 Å². The number of aromatic nitrogens is 1. The minimum atomic E-state index is -1.00. The zero-order valence-corrected chi connectivity index (χ0v) is 13.6. The summed E-state index contributed by atoms with van der Waals surface area (Å²) in [6.07, 6.45) is 0. The molecule has 1 N–H and O–H groups in total. The smallest absolute Gasteiger partial charge is 0.339 e. The fourth-order valence-electron chi connectivity index (χ4n) is 2.74. The van der Waals surface area contributed by atoms with E-state index in [4.69, 9.17) is 4.74 Å². The number of methoxy groups -OCH3 is 1. The van der Waals surface area contributed by atoms with E-state index in [-0.39, 0.29) is 5.56 Å². The number of hydrogen-bond donors (Lipinski definition) is 1. The number of carbonyl (C=O) groups is 1. The van der Waals surface area contributed by atoms with Gasteiger partial charge in [-0.25, -0.2) is 9.78 Å². The molecule has 0 fully saturated rings. The second-order valence-corrected chi connectivity index (χ2v) is 6.44. The van der Waals surface area contributed by atoms with Gasteiger partial charge >= 0.3 is 5.97 Å². The van der Waals surface area contributed by atoms with E-state index in [1.54, 1.807) is 23.5 Å². The van der Waals surface area contributed by atoms with Crippen molar-refractivity contribution in [2.75, 3.05) is 7.11 Å². The lowest BCUT2D eigenvalue weighted by molar-refractivity contribution is 0.0693. The lowest BCUT2D eigenvalue weighted by atomic mass is 10.0. The fourth-order valence-corrected chi connectivity index (χ4v) is 3.70. The predicted octanol–water partition coefficient (Wildman–Crippen LogP) is 4.82. The van der Waals surface area contributed by atoms with Crippen molar-refractivity contribution in [3.8, 4) is 16.3 Å². The number of para-hydroxylation sites is 1. The Kier molecular flexibility index (Phi) is 3.43. The normalized spacial score (nSPS) is 11.0. The highest BCUT2D eigenvalue weighted by Gasteiger charge is 2.13. The van der Waals surface area contributed by atoms with E-state index < -0.39 is 5.97 Å². The molecule has 0 spiro atoms. The Morgan fingerprint density at radius 3 is 2.67 bits per heavy atom. The van der Waals surface area contributed by atoms with Gasteiger partial charge in [0.2, 0.25) is 0 Å². The van der Waals surface area contributed by atoms with E-state index in [0.29, 0.717) is 5.75 Å². The van der Waals surface area contributed by atoms with E-state index >= 15 is 0 Å². The molecule has 4 aromatic rings. The topological polar surface area (TPSA) is 59.4 Å². The number of nitrogens with zero attached hydrogens (tertiary/aromatic N) is 1. The third-order valence-corrected chi connectivity index (χ3v) is 5.02. The monoisotopic (exact) mass is 335 g/mol. The first-order chi connectivity index (χ1) is 11.7. The molecule has 1 aromatic heterocycles. The van der Waals surface area contributed by atoms with Gasteiger partial charge in [-0.15, -0.1) is 11.3 Å². The average Bonchev–Trinajstić information content (AvgIpc) is 3.04. The van der Waals surface area contributed by atoms with Gasteiger partial charge in [-0.3, -0.25) is 0 Å². The average molecular weight is 335 g/mol. The lowest BCUT2D eigenvalue weighted by Crippen LogP contribution is -2.00. The van der Waals surface area contributed by atoms with Crippen molar-refractivity contribution in [1.29, 1.82) is 0 Å². The molecule has 4 nitrogen and oxygen atoms in total. The lowest BCUT2D eigenvalue weighted by Gasteiger charge is -2.08. The van der Waals surface area contributed by atoms with Crippen LogP contribution in [0.4, 0.5) is 0 Å². The number of thiazole rings is 1. The Bertz CT molecular complexity index is 1050. The molecule has 0 bridgehead atoms. The Balaban J connectivity index is 1.89. The Morgan fingerprint density at radius 1 is 1.08 bits per heavy atom. The third kappa shape index (κ3) is 2.39. The van der Waals surface area contributed by atoms with Crippen molar-refractivity contribution in [3.05, 3.63) is 60.2 Å². The SMILES string of the molecule is COc1cc2ccc(-c3nc4ccccc4s3)cc2cc1C(=O)O. The van der Waals surface area contributed by atoms with Gasteiger partial charge in [0.05, 0.1) is 17.3 Å². The number of fused-ring (bicyclic) bond motifs is 2. The Hall–Kier alpha value is -2.92. The van der Waals surface area contributed by atoms with Crippen molar-refractivity contribution in [2.45, 2.75) is 0 Å². The van der Waals surface area contributed by atoms with E-state index in [1.807, 2.05) is 42.5 Å². The number of carboxylic acid groups (broad SMARTS) is 1. The fraction of sp³-hybridized carbons (Fsp3) is 0.0526. The molecule has 0 aliphatic heterocycles. The second kappa shape index (κ2) is 5.62. The summed E-state index contributed by atoms with van der Waals surface area (Å²) in [5.41, 5.74) is 2.11. The quantitative estimate of drug-likeness (QED) is 0.583. The van der Waals surface area contributed by atoms with Crippen LogP contribution >= 0.6 is 11.3 Å². The molecule has 4 rings (SSSR count). The number of hydrogen-bond acceptors (Lipinski definition) is 4. The maximum absolute atomic E-state index is 11.4. The summed E-state index contributed by atoms with van der Waals surface area (Å²) in [7, 11) is 1.48. The van der Waals surface area contributed by atoms with Gasteiger partial charge in [0.15, 0.2) is 0 Å². The first-order valence-corrected chi connectivity index (χ1v) is 8.18. The van der Waals surface area contributed by atoms with Gasteiger partial charge in [0, 0.05) is 5.56 Å². The van der Waals surface area contributed by atoms with Crippen LogP contribution in [0.15, 0.2) is 54.6 Å². The highest BCUT2D eigenvalue weighted by atomic mass is 32.1. The largest absolute Gasteiger partial charge is 0.496 e. The summed E-state index contributed by atoms with van der Waals surface area (Å²) in [5.74, 6) is -0.637. The minimum absolute atomic E-state index is 0.159. The highest BCUT2D eigenvalue weighted by Crippen LogP contribution is 2.33. The molecule has 24 heavy (non-hydrogen) atoms. The Labute approximate surface area is 142 Å². The maximum Gasteiger partial charge on any atom is 0.339 e. The van der Waals surface area contributed by atoms with Gasteiger partial charge in [0.1, 0.15) is 16.3 Å². The summed E-state index contributed by atoms with van der Waals surface area (Å²) in [6, 6.07) is 17.3. The molecule has 0 aliphatic rings. The molecule has 5 heteroatoms. The molecular weight excluding hydrogens is 322 g/mol. The summed E-state index contributed by atoms with van der Waals surface area (Å²) >= 11 is 1.62. The van der Waals surface area contributed by atoms with Crippen molar-refractivity contribution in [1.82, 2.24) is 4.98 Å². The first-order valence-electron chi connectivity index (χ1n) is 7.37. The van der Waals surface area contributed by atoms with Crippen molar-refractivity contribution in [3.63, 3.8) is 0 Å². The van der Waals surface area contributed by atoms with Crippen LogP contribution < -0.4 is 4.74 Å². The van der Waals surface area contributed by atoms with Gasteiger partial charge in [-0.1, -0.05) is 24.3 Å². The van der Waals surface area contributed by atoms with Gasteiger partial charge < -0.3 is 9.84 Å². The molecule has 0 atom stereocenters. The van der Waals surface area contributed by atoms with Gasteiger partial charge in [-0.05, 0) is 41.1 Å². The molecule has 0 saturated heterocycles. The molecule has 0 saturated carbocycles. The van der Waals surface area contributed by atoms with Crippen LogP contribution in [0.25, 0.3) is 31.6 Å². The number of carboxylic acids is 1. The maximum atomic E-state index is 11.4. The molecular formula is C19H13NO3S. The summed E-state index contributed by atoms with van der Waals surface area (Å²) < 4.78 is 6.31. The van der Waals surface area contributed by atoms with Crippen LogP contribution in [-0.4, -0.2) is 23.2 Å². The zero-order chi connectivity index (χ0) is 16.7. The van der Waals surface area contributed by atoms with E-state index in [1.165, 1.54) is 7.11 Å². The molecule has 0 radical (unpaired) electrons. The van der Waals surface area contributed by atoms with E-state index in [2.05, 4.69) is 4.98 Å². The molecule has 1 heterocycles. The summed E-state index contributed by atoms with van der Waals surface area (Å²) in [5, 5.41) is 12.1. The number of rotatable bonds is 3. The van der Waals surface area contributed by atoms with E-state index in [0.717, 1.165) is 31.6 Å². The second-order valence-electron chi connectivity index (χ2n) is 5.41.